The first kappa shape index (κ1) is 12.0. The Kier molecular flexibility index (Phi) is 5.14. The number of aliphatic hydroxyl groups is 1. The molecule has 4 heteroatoms. The van der Waals surface area contributed by atoms with Gasteiger partial charge in [-0.1, -0.05) is 6.08 Å². The Hall–Kier alpha value is -1.03. The van der Waals surface area contributed by atoms with Gasteiger partial charge in [0.05, 0.1) is 6.61 Å². The topological polar surface area (TPSA) is 55.8 Å². The Morgan fingerprint density at radius 3 is 2.46 bits per heavy atom. The van der Waals surface area contributed by atoms with Crippen molar-refractivity contribution in [1.29, 1.82) is 0 Å². The third-order valence-electron chi connectivity index (χ3n) is 0.959. The predicted octanol–water partition coefficient (Wildman–Crippen LogP) is 1.49. The van der Waals surface area contributed by atoms with Crippen LogP contribution in [0.1, 0.15) is 20.8 Å². The molecule has 0 saturated carbocycles. The van der Waals surface area contributed by atoms with Crippen molar-refractivity contribution < 1.29 is 19.4 Å². The van der Waals surface area contributed by atoms with E-state index in [9.17, 15) is 4.79 Å². The molecule has 13 heavy (non-hydrogen) atoms. The van der Waals surface area contributed by atoms with Crippen LogP contribution in [-0.2, 0) is 9.47 Å². The Bertz CT molecular complexity index is 179. The van der Waals surface area contributed by atoms with E-state index in [1.807, 2.05) is 0 Å². The van der Waals surface area contributed by atoms with E-state index in [2.05, 4.69) is 4.74 Å². The standard InChI is InChI=1S/C9H16O4/c1-9(2,3)13-8(11)12-7-5-4-6-10/h4-5,10H,6-7H2,1-3H3. The maximum absolute atomic E-state index is 10.9. The van der Waals surface area contributed by atoms with Gasteiger partial charge >= 0.3 is 6.16 Å². The lowest BCUT2D eigenvalue weighted by Crippen LogP contribution is -2.24. The lowest BCUT2D eigenvalue weighted by atomic mass is 10.2. The smallest absolute Gasteiger partial charge is 0.430 e. The van der Waals surface area contributed by atoms with E-state index in [4.69, 9.17) is 9.84 Å². The molecule has 0 aromatic heterocycles. The molecular weight excluding hydrogens is 172 g/mol. The molecule has 0 rings (SSSR count). The van der Waals surface area contributed by atoms with Gasteiger partial charge in [-0.15, -0.1) is 0 Å². The van der Waals surface area contributed by atoms with E-state index < -0.39 is 11.8 Å². The summed E-state index contributed by atoms with van der Waals surface area (Å²) >= 11 is 0. The molecule has 0 aromatic rings. The minimum atomic E-state index is -0.699. The zero-order valence-corrected chi connectivity index (χ0v) is 8.24. The third-order valence-corrected chi connectivity index (χ3v) is 0.959. The van der Waals surface area contributed by atoms with Gasteiger partial charge in [-0.25, -0.2) is 4.79 Å². The molecule has 1 N–H and O–H groups in total. The second-order valence-electron chi connectivity index (χ2n) is 3.43. The van der Waals surface area contributed by atoms with Crippen molar-refractivity contribution in [2.24, 2.45) is 0 Å². The molecule has 0 aromatic carbocycles. The molecule has 0 aliphatic rings. The first-order valence-electron chi connectivity index (χ1n) is 4.07. The fourth-order valence-electron chi connectivity index (χ4n) is 0.538. The van der Waals surface area contributed by atoms with Crippen LogP contribution in [0.25, 0.3) is 0 Å². The van der Waals surface area contributed by atoms with Gasteiger partial charge in [0.25, 0.3) is 0 Å². The van der Waals surface area contributed by atoms with Crippen LogP contribution >= 0.6 is 0 Å². The van der Waals surface area contributed by atoms with E-state index >= 15 is 0 Å². The zero-order valence-electron chi connectivity index (χ0n) is 8.24. The normalized spacial score (nSPS) is 11.7. The summed E-state index contributed by atoms with van der Waals surface area (Å²) in [6.07, 6.45) is 2.34. The highest BCUT2D eigenvalue weighted by molar-refractivity contribution is 5.60. The molecule has 0 heterocycles. The summed E-state index contributed by atoms with van der Waals surface area (Å²) in [4.78, 5) is 10.9. The first-order chi connectivity index (χ1) is 5.95. The molecule has 4 nitrogen and oxygen atoms in total. The molecule has 0 spiro atoms. The minimum absolute atomic E-state index is 0.0579. The van der Waals surface area contributed by atoms with Crippen molar-refractivity contribution >= 4 is 6.16 Å². The fourth-order valence-corrected chi connectivity index (χ4v) is 0.538. The van der Waals surface area contributed by atoms with Crippen LogP contribution in [0, 0.1) is 0 Å². The lowest BCUT2D eigenvalue weighted by Gasteiger charge is -2.18. The second-order valence-corrected chi connectivity index (χ2v) is 3.43. The molecule has 0 amide bonds. The summed E-state index contributed by atoms with van der Waals surface area (Å²) in [6.45, 7) is 5.35. The molecule has 0 bridgehead atoms. The van der Waals surface area contributed by atoms with Crippen LogP contribution in [0.5, 0.6) is 0 Å². The number of carbonyl (C=O) groups is 1. The maximum Gasteiger partial charge on any atom is 0.509 e. The van der Waals surface area contributed by atoms with Gasteiger partial charge in [0.2, 0.25) is 0 Å². The Morgan fingerprint density at radius 1 is 1.38 bits per heavy atom. The number of hydrogen-bond donors (Lipinski definition) is 1. The van der Waals surface area contributed by atoms with Gasteiger partial charge in [0, 0.05) is 0 Å². The highest BCUT2D eigenvalue weighted by atomic mass is 16.7. The van der Waals surface area contributed by atoms with Crippen LogP contribution in [-0.4, -0.2) is 30.1 Å². The van der Waals surface area contributed by atoms with Gasteiger partial charge in [-0.2, -0.15) is 0 Å². The van der Waals surface area contributed by atoms with Gasteiger partial charge in [-0.3, -0.25) is 0 Å². The van der Waals surface area contributed by atoms with Crippen LogP contribution in [0.3, 0.4) is 0 Å². The average molecular weight is 188 g/mol. The predicted molar refractivity (Wildman–Crippen MR) is 48.4 cm³/mol. The number of aliphatic hydroxyl groups excluding tert-OH is 1. The van der Waals surface area contributed by atoms with Crippen LogP contribution in [0.4, 0.5) is 4.79 Å². The summed E-state index contributed by atoms with van der Waals surface area (Å²) in [5, 5.41) is 8.36. The number of carbonyl (C=O) groups excluding carboxylic acids is 1. The molecule has 0 fully saturated rings. The molecule has 0 radical (unpaired) electrons. The molecule has 0 atom stereocenters. The summed E-state index contributed by atoms with van der Waals surface area (Å²) in [6, 6.07) is 0. The number of hydrogen-bond acceptors (Lipinski definition) is 4. The minimum Gasteiger partial charge on any atom is -0.430 e. The summed E-state index contributed by atoms with van der Waals surface area (Å²) in [7, 11) is 0. The Labute approximate surface area is 78.2 Å². The number of ether oxygens (including phenoxy) is 2. The lowest BCUT2D eigenvalue weighted by molar-refractivity contribution is -0.00246. The van der Waals surface area contributed by atoms with Gasteiger partial charge in [0.1, 0.15) is 12.2 Å². The Balaban J connectivity index is 3.58. The van der Waals surface area contributed by atoms with Gasteiger partial charge in [0.15, 0.2) is 0 Å². The van der Waals surface area contributed by atoms with E-state index in [1.54, 1.807) is 26.8 Å². The third kappa shape index (κ3) is 8.88. The summed E-state index contributed by atoms with van der Waals surface area (Å²) in [5.74, 6) is 0. The largest absolute Gasteiger partial charge is 0.509 e. The average Bonchev–Trinajstić information content (AvgIpc) is 1.94. The molecular formula is C9H16O4. The maximum atomic E-state index is 10.9. The zero-order chi connectivity index (χ0) is 10.3. The molecule has 76 valence electrons. The molecule has 0 aliphatic carbocycles. The van der Waals surface area contributed by atoms with Gasteiger partial charge in [-0.05, 0) is 26.8 Å². The molecule has 0 aliphatic heterocycles. The molecule has 0 saturated heterocycles. The Morgan fingerprint density at radius 2 is 2.00 bits per heavy atom. The summed E-state index contributed by atoms with van der Waals surface area (Å²) < 4.78 is 9.52. The highest BCUT2D eigenvalue weighted by Gasteiger charge is 2.16. The second kappa shape index (κ2) is 5.59. The van der Waals surface area contributed by atoms with E-state index in [0.29, 0.717) is 0 Å². The van der Waals surface area contributed by atoms with Crippen LogP contribution < -0.4 is 0 Å². The van der Waals surface area contributed by atoms with Crippen molar-refractivity contribution in [3.8, 4) is 0 Å². The van der Waals surface area contributed by atoms with E-state index in [1.165, 1.54) is 6.08 Å². The van der Waals surface area contributed by atoms with Crippen molar-refractivity contribution in [3.05, 3.63) is 12.2 Å². The highest BCUT2D eigenvalue weighted by Crippen LogP contribution is 2.07. The van der Waals surface area contributed by atoms with Crippen molar-refractivity contribution in [2.75, 3.05) is 13.2 Å². The van der Waals surface area contributed by atoms with Gasteiger partial charge < -0.3 is 14.6 Å². The van der Waals surface area contributed by atoms with E-state index in [-0.39, 0.29) is 13.2 Å². The monoisotopic (exact) mass is 188 g/mol. The number of rotatable bonds is 3. The van der Waals surface area contributed by atoms with Crippen molar-refractivity contribution in [1.82, 2.24) is 0 Å². The summed E-state index contributed by atoms with van der Waals surface area (Å²) in [5.41, 5.74) is -0.530. The molecule has 0 unspecified atom stereocenters. The van der Waals surface area contributed by atoms with Crippen LogP contribution in [0.15, 0.2) is 12.2 Å². The fraction of sp³-hybridized carbons (Fsp3) is 0.667. The van der Waals surface area contributed by atoms with Crippen molar-refractivity contribution in [2.45, 2.75) is 26.4 Å². The van der Waals surface area contributed by atoms with E-state index in [0.717, 1.165) is 0 Å². The quantitative estimate of drug-likeness (QED) is 0.538. The SMILES string of the molecule is CC(C)(C)OC(=O)OCC=CCO. The van der Waals surface area contributed by atoms with Crippen molar-refractivity contribution in [3.63, 3.8) is 0 Å². The van der Waals surface area contributed by atoms with Crippen LogP contribution in [0.2, 0.25) is 0 Å². The first-order valence-corrected chi connectivity index (χ1v) is 4.07.